The van der Waals surface area contributed by atoms with Gasteiger partial charge < -0.3 is 15.4 Å². The van der Waals surface area contributed by atoms with E-state index in [0.717, 1.165) is 5.56 Å². The number of amides is 2. The maximum Gasteiger partial charge on any atom is 0.258 e. The van der Waals surface area contributed by atoms with Crippen LogP contribution in [-0.4, -0.2) is 31.5 Å². The molecule has 0 aliphatic carbocycles. The molecule has 0 heterocycles. The lowest BCUT2D eigenvalue weighted by molar-refractivity contribution is -0.127. The number of hydrogen-bond acceptors (Lipinski definition) is 3. The van der Waals surface area contributed by atoms with Crippen molar-refractivity contribution in [3.8, 4) is 5.75 Å². The molecule has 5 heteroatoms. The van der Waals surface area contributed by atoms with Crippen molar-refractivity contribution >= 4 is 11.8 Å². The van der Waals surface area contributed by atoms with Crippen LogP contribution in [0.3, 0.4) is 0 Å². The van der Waals surface area contributed by atoms with Crippen LogP contribution in [0.4, 0.5) is 0 Å². The van der Waals surface area contributed by atoms with E-state index in [-0.39, 0.29) is 30.4 Å². The maximum atomic E-state index is 11.7. The summed E-state index contributed by atoms with van der Waals surface area (Å²) in [5.74, 6) is 0.170. The fourth-order valence-electron chi connectivity index (χ4n) is 1.84. The van der Waals surface area contributed by atoms with Gasteiger partial charge in [0, 0.05) is 6.54 Å². The Morgan fingerprint density at radius 2 is 1.76 bits per heavy atom. The number of carbonyl (C=O) groups is 2. The smallest absolute Gasteiger partial charge is 0.258 e. The van der Waals surface area contributed by atoms with Crippen LogP contribution in [0, 0.1) is 0 Å². The second kappa shape index (κ2) is 7.67. The van der Waals surface area contributed by atoms with E-state index in [4.69, 9.17) is 4.74 Å². The van der Waals surface area contributed by atoms with Gasteiger partial charge >= 0.3 is 0 Å². The Bertz CT molecular complexity index is 493. The molecule has 1 aromatic rings. The maximum absolute atomic E-state index is 11.7. The van der Waals surface area contributed by atoms with Gasteiger partial charge in [-0.3, -0.25) is 9.59 Å². The first kappa shape index (κ1) is 17.0. The van der Waals surface area contributed by atoms with E-state index in [1.54, 1.807) is 0 Å². The van der Waals surface area contributed by atoms with Gasteiger partial charge in [-0.2, -0.15) is 0 Å². The third kappa shape index (κ3) is 5.85. The van der Waals surface area contributed by atoms with Crippen LogP contribution < -0.4 is 15.4 Å². The molecule has 0 radical (unpaired) electrons. The SMILES string of the molecule is CCNC(=O)CNC(=O)COc1ccccc1C(C)(C)C. The molecule has 0 aromatic heterocycles. The molecule has 21 heavy (non-hydrogen) atoms. The third-order valence-electron chi connectivity index (χ3n) is 2.87. The summed E-state index contributed by atoms with van der Waals surface area (Å²) in [6.07, 6.45) is 0. The topological polar surface area (TPSA) is 67.4 Å². The Balaban J connectivity index is 2.52. The van der Waals surface area contributed by atoms with E-state index in [2.05, 4.69) is 31.4 Å². The Morgan fingerprint density at radius 1 is 1.10 bits per heavy atom. The lowest BCUT2D eigenvalue weighted by Crippen LogP contribution is -2.38. The van der Waals surface area contributed by atoms with E-state index in [1.807, 2.05) is 31.2 Å². The quantitative estimate of drug-likeness (QED) is 0.837. The first-order valence-electron chi connectivity index (χ1n) is 7.10. The molecule has 0 aliphatic heterocycles. The van der Waals surface area contributed by atoms with Crippen LogP contribution in [0.25, 0.3) is 0 Å². The third-order valence-corrected chi connectivity index (χ3v) is 2.87. The Labute approximate surface area is 126 Å². The zero-order valence-corrected chi connectivity index (χ0v) is 13.2. The van der Waals surface area contributed by atoms with Gasteiger partial charge in [-0.1, -0.05) is 39.0 Å². The first-order valence-corrected chi connectivity index (χ1v) is 7.10. The number of benzene rings is 1. The van der Waals surface area contributed by atoms with Crippen LogP contribution in [0.15, 0.2) is 24.3 Å². The number of likely N-dealkylation sites (N-methyl/N-ethyl adjacent to an activating group) is 1. The molecule has 0 aliphatic rings. The van der Waals surface area contributed by atoms with E-state index >= 15 is 0 Å². The summed E-state index contributed by atoms with van der Waals surface area (Å²) in [6, 6.07) is 7.65. The molecule has 2 amide bonds. The molecule has 0 saturated carbocycles. The summed E-state index contributed by atoms with van der Waals surface area (Å²) in [7, 11) is 0. The second-order valence-electron chi connectivity index (χ2n) is 5.77. The van der Waals surface area contributed by atoms with Gasteiger partial charge in [0.15, 0.2) is 6.61 Å². The Morgan fingerprint density at radius 3 is 2.38 bits per heavy atom. The summed E-state index contributed by atoms with van der Waals surface area (Å²) in [6.45, 7) is 8.50. The van der Waals surface area contributed by atoms with Crippen molar-refractivity contribution in [2.45, 2.75) is 33.1 Å². The standard InChI is InChI=1S/C16H24N2O3/c1-5-17-14(19)10-18-15(20)11-21-13-9-7-6-8-12(13)16(2,3)4/h6-9H,5,10-11H2,1-4H3,(H,17,19)(H,18,20). The minimum Gasteiger partial charge on any atom is -0.483 e. The molecule has 0 bridgehead atoms. The number of para-hydroxylation sites is 1. The zero-order chi connectivity index (χ0) is 15.9. The molecule has 116 valence electrons. The highest BCUT2D eigenvalue weighted by Gasteiger charge is 2.18. The summed E-state index contributed by atoms with van der Waals surface area (Å²) in [5, 5.41) is 5.13. The van der Waals surface area contributed by atoms with Crippen molar-refractivity contribution in [1.29, 1.82) is 0 Å². The predicted molar refractivity (Wildman–Crippen MR) is 82.3 cm³/mol. The molecule has 5 nitrogen and oxygen atoms in total. The number of hydrogen-bond donors (Lipinski definition) is 2. The minimum atomic E-state index is -0.315. The normalized spacial score (nSPS) is 10.9. The highest BCUT2D eigenvalue weighted by atomic mass is 16.5. The number of ether oxygens (including phenoxy) is 1. The van der Waals surface area contributed by atoms with Gasteiger partial charge in [-0.15, -0.1) is 0 Å². The van der Waals surface area contributed by atoms with Gasteiger partial charge in [-0.25, -0.2) is 0 Å². The van der Waals surface area contributed by atoms with Gasteiger partial charge in [0.1, 0.15) is 5.75 Å². The highest BCUT2D eigenvalue weighted by molar-refractivity contribution is 5.85. The molecule has 1 aromatic carbocycles. The van der Waals surface area contributed by atoms with E-state index in [1.165, 1.54) is 0 Å². The predicted octanol–water partition coefficient (Wildman–Crippen LogP) is 1.62. The summed E-state index contributed by atoms with van der Waals surface area (Å²) >= 11 is 0. The average molecular weight is 292 g/mol. The van der Waals surface area contributed by atoms with E-state index in [0.29, 0.717) is 12.3 Å². The zero-order valence-electron chi connectivity index (χ0n) is 13.2. The van der Waals surface area contributed by atoms with Crippen LogP contribution >= 0.6 is 0 Å². The molecular formula is C16H24N2O3. The van der Waals surface area contributed by atoms with Crippen LogP contribution in [-0.2, 0) is 15.0 Å². The molecular weight excluding hydrogens is 268 g/mol. The fourth-order valence-corrected chi connectivity index (χ4v) is 1.84. The van der Waals surface area contributed by atoms with Crippen LogP contribution in [0.1, 0.15) is 33.3 Å². The molecule has 1 rings (SSSR count). The summed E-state index contributed by atoms with van der Waals surface area (Å²) in [5.41, 5.74) is 0.982. The molecule has 0 saturated heterocycles. The minimum absolute atomic E-state index is 0.0308. The van der Waals surface area contributed by atoms with Crippen molar-refractivity contribution in [3.05, 3.63) is 29.8 Å². The van der Waals surface area contributed by atoms with Gasteiger partial charge in [-0.05, 0) is 24.0 Å². The molecule has 0 atom stereocenters. The number of nitrogens with one attached hydrogen (secondary N) is 2. The highest BCUT2D eigenvalue weighted by Crippen LogP contribution is 2.30. The summed E-state index contributed by atoms with van der Waals surface area (Å²) in [4.78, 5) is 22.9. The summed E-state index contributed by atoms with van der Waals surface area (Å²) < 4.78 is 5.57. The van der Waals surface area contributed by atoms with Crippen molar-refractivity contribution < 1.29 is 14.3 Å². The molecule has 0 spiro atoms. The lowest BCUT2D eigenvalue weighted by atomic mass is 9.86. The lowest BCUT2D eigenvalue weighted by Gasteiger charge is -2.22. The van der Waals surface area contributed by atoms with E-state index < -0.39 is 0 Å². The number of carbonyl (C=O) groups excluding carboxylic acids is 2. The van der Waals surface area contributed by atoms with Gasteiger partial charge in [0.25, 0.3) is 5.91 Å². The Kier molecular flexibility index (Phi) is 6.21. The molecule has 2 N–H and O–H groups in total. The molecule has 0 fully saturated rings. The number of rotatable bonds is 6. The first-order chi connectivity index (χ1) is 9.84. The average Bonchev–Trinajstić information content (AvgIpc) is 2.42. The van der Waals surface area contributed by atoms with Gasteiger partial charge in [0.05, 0.1) is 6.54 Å². The largest absolute Gasteiger partial charge is 0.483 e. The Hall–Kier alpha value is -2.04. The molecule has 0 unspecified atom stereocenters. The van der Waals surface area contributed by atoms with Crippen LogP contribution in [0.5, 0.6) is 5.75 Å². The van der Waals surface area contributed by atoms with Crippen molar-refractivity contribution in [3.63, 3.8) is 0 Å². The van der Waals surface area contributed by atoms with Gasteiger partial charge in [0.2, 0.25) is 5.91 Å². The van der Waals surface area contributed by atoms with Crippen molar-refractivity contribution in [2.75, 3.05) is 19.7 Å². The van der Waals surface area contributed by atoms with Crippen LogP contribution in [0.2, 0.25) is 0 Å². The monoisotopic (exact) mass is 292 g/mol. The van der Waals surface area contributed by atoms with Crippen molar-refractivity contribution in [1.82, 2.24) is 10.6 Å². The van der Waals surface area contributed by atoms with E-state index in [9.17, 15) is 9.59 Å². The fraction of sp³-hybridized carbons (Fsp3) is 0.500. The van der Waals surface area contributed by atoms with Crippen molar-refractivity contribution in [2.24, 2.45) is 0 Å². The second-order valence-corrected chi connectivity index (χ2v) is 5.77.